The summed E-state index contributed by atoms with van der Waals surface area (Å²) in [7, 11) is 0. The largest absolute Gasteiger partial charge is 0.264 e. The lowest BCUT2D eigenvalue weighted by Crippen LogP contribution is -2.03. The van der Waals surface area contributed by atoms with Crippen molar-refractivity contribution in [3.05, 3.63) is 224 Å². The summed E-state index contributed by atoms with van der Waals surface area (Å²) in [6.45, 7) is 0. The minimum atomic E-state index is 0.323. The molecule has 2 aliphatic carbocycles. The number of hydrogen-bond acceptors (Lipinski definition) is 3. The fraction of sp³-hybridized carbons (Fsp3) is 0.0645. The second-order valence-electron chi connectivity index (χ2n) is 17.4. The maximum atomic E-state index is 4.53. The van der Waals surface area contributed by atoms with Crippen molar-refractivity contribution in [2.45, 2.75) is 25.2 Å². The van der Waals surface area contributed by atoms with E-state index < -0.39 is 0 Å². The molecule has 1 atom stereocenters. The van der Waals surface area contributed by atoms with E-state index in [-0.39, 0.29) is 0 Å². The van der Waals surface area contributed by atoms with Crippen LogP contribution in [0.2, 0.25) is 0 Å². The molecule has 11 aromatic rings. The van der Waals surface area contributed by atoms with Gasteiger partial charge in [0.05, 0.1) is 0 Å². The summed E-state index contributed by atoms with van der Waals surface area (Å²) in [6.07, 6.45) is 24.5. The standard InChI is InChI=1S/C62H42N2S/c1-2-16-39(17-3-1)57-45-20-4-8-24-49(45)59(50-25-9-5-21-46(50)57)53-28-12-30-55-61(53)62-54(29-13-31-56(62)65-55)60-51-26-10-6-22-47(51)58(48-23-7-11-27-52(48)60)44-35-42(40-18-14-32-63-37-40)34-43(36-44)41-19-15-33-64-38-41/h1-6,8-16,18-22,24-39H,7,17,23H2. The van der Waals surface area contributed by atoms with Crippen molar-refractivity contribution >= 4 is 69.9 Å². The van der Waals surface area contributed by atoms with Gasteiger partial charge in [0.25, 0.3) is 0 Å². The van der Waals surface area contributed by atoms with Crippen LogP contribution in [0.25, 0.3) is 114 Å². The van der Waals surface area contributed by atoms with Gasteiger partial charge in [-0.2, -0.15) is 0 Å². The van der Waals surface area contributed by atoms with E-state index in [9.17, 15) is 0 Å². The smallest absolute Gasteiger partial charge is 0.0361 e. The zero-order chi connectivity index (χ0) is 42.8. The average Bonchev–Trinajstić information content (AvgIpc) is 3.78. The number of rotatable bonds is 6. The third-order valence-corrected chi connectivity index (χ3v) is 14.9. The van der Waals surface area contributed by atoms with Gasteiger partial charge in [0.15, 0.2) is 0 Å². The molecule has 3 aromatic heterocycles. The first-order chi connectivity index (χ1) is 32.3. The highest BCUT2D eigenvalue weighted by molar-refractivity contribution is 7.26. The van der Waals surface area contributed by atoms with E-state index in [1.54, 1.807) is 0 Å². The van der Waals surface area contributed by atoms with Gasteiger partial charge in [-0.05, 0) is 155 Å². The molecule has 0 fully saturated rings. The first-order valence-electron chi connectivity index (χ1n) is 22.7. The fourth-order valence-corrected chi connectivity index (χ4v) is 12.3. The minimum absolute atomic E-state index is 0.323. The monoisotopic (exact) mass is 846 g/mol. The van der Waals surface area contributed by atoms with Crippen LogP contribution in [0.3, 0.4) is 0 Å². The van der Waals surface area contributed by atoms with Gasteiger partial charge in [0, 0.05) is 62.0 Å². The topological polar surface area (TPSA) is 25.8 Å². The van der Waals surface area contributed by atoms with Crippen LogP contribution in [-0.2, 0) is 6.42 Å². The fourth-order valence-electron chi connectivity index (χ4n) is 11.1. The summed E-state index contributed by atoms with van der Waals surface area (Å²) in [5.41, 5.74) is 16.4. The Labute approximate surface area is 382 Å². The van der Waals surface area contributed by atoms with E-state index in [0.29, 0.717) is 5.92 Å². The Kier molecular flexibility index (Phi) is 9.02. The molecule has 0 radical (unpaired) electrons. The SMILES string of the molecule is C1=CCC(c2c3ccccc3c(-c3cccc4sc5cccc(-c6c7c(c(-c8cc(-c9cccnc9)cc(-c9cccnc9)c8)c8ccccc68)CCC=C7)c5c34)c3ccccc23)C=C1. The van der Waals surface area contributed by atoms with Crippen LogP contribution in [0.5, 0.6) is 0 Å². The van der Waals surface area contributed by atoms with E-state index >= 15 is 0 Å². The highest BCUT2D eigenvalue weighted by atomic mass is 32.1. The van der Waals surface area contributed by atoms with Gasteiger partial charge in [-0.25, -0.2) is 0 Å². The second-order valence-corrected chi connectivity index (χ2v) is 18.5. The summed E-state index contributed by atoms with van der Waals surface area (Å²) in [5.74, 6) is 0.323. The molecule has 65 heavy (non-hydrogen) atoms. The maximum Gasteiger partial charge on any atom is 0.0361 e. The molecule has 0 N–H and O–H groups in total. The average molecular weight is 847 g/mol. The molecule has 0 amide bonds. The molecule has 2 nitrogen and oxygen atoms in total. The van der Waals surface area contributed by atoms with Gasteiger partial charge < -0.3 is 0 Å². The lowest BCUT2D eigenvalue weighted by Gasteiger charge is -2.25. The van der Waals surface area contributed by atoms with Crippen LogP contribution < -0.4 is 0 Å². The van der Waals surface area contributed by atoms with Gasteiger partial charge in [0.1, 0.15) is 0 Å². The quantitative estimate of drug-likeness (QED) is 0.156. The van der Waals surface area contributed by atoms with Crippen molar-refractivity contribution in [1.29, 1.82) is 0 Å². The molecule has 0 saturated carbocycles. The van der Waals surface area contributed by atoms with Crippen molar-refractivity contribution in [1.82, 2.24) is 9.97 Å². The predicted molar refractivity (Wildman–Crippen MR) is 278 cm³/mol. The molecule has 0 bridgehead atoms. The van der Waals surface area contributed by atoms with Crippen LogP contribution in [-0.4, -0.2) is 9.97 Å². The van der Waals surface area contributed by atoms with E-state index in [2.05, 4.69) is 186 Å². The first kappa shape index (κ1) is 37.8. The Morgan fingerprint density at radius 1 is 0.462 bits per heavy atom. The molecule has 1 unspecified atom stereocenters. The van der Waals surface area contributed by atoms with Gasteiger partial charge in [0.2, 0.25) is 0 Å². The van der Waals surface area contributed by atoms with Crippen LogP contribution in [0, 0.1) is 0 Å². The molecule has 306 valence electrons. The molecule has 0 aliphatic heterocycles. The second kappa shape index (κ2) is 15.5. The van der Waals surface area contributed by atoms with E-state index in [1.165, 1.54) is 103 Å². The first-order valence-corrected chi connectivity index (χ1v) is 23.5. The molecule has 3 heteroatoms. The van der Waals surface area contributed by atoms with Crippen LogP contribution in [0.1, 0.15) is 35.4 Å². The Hall–Kier alpha value is -7.72. The van der Waals surface area contributed by atoms with E-state index in [0.717, 1.165) is 41.5 Å². The molecule has 13 rings (SSSR count). The Bertz CT molecular complexity index is 3680. The summed E-state index contributed by atoms with van der Waals surface area (Å²) in [6, 6.07) is 56.8. The lowest BCUT2D eigenvalue weighted by atomic mass is 9.78. The summed E-state index contributed by atoms with van der Waals surface area (Å²) >= 11 is 1.91. The molecular weight excluding hydrogens is 805 g/mol. The number of allylic oxidation sites excluding steroid dienone is 5. The number of thiophene rings is 1. The molecule has 0 spiro atoms. The number of fused-ring (bicyclic) bond motifs is 7. The van der Waals surface area contributed by atoms with Crippen molar-refractivity contribution in [3.8, 4) is 55.6 Å². The Balaban J connectivity index is 1.10. The van der Waals surface area contributed by atoms with E-state index in [1.807, 2.05) is 48.3 Å². The summed E-state index contributed by atoms with van der Waals surface area (Å²) in [5, 5.41) is 10.5. The summed E-state index contributed by atoms with van der Waals surface area (Å²) < 4.78 is 2.62. The Morgan fingerprint density at radius 2 is 1.02 bits per heavy atom. The van der Waals surface area contributed by atoms with Gasteiger partial charge >= 0.3 is 0 Å². The molecule has 0 saturated heterocycles. The molecular formula is C62H42N2S. The van der Waals surface area contributed by atoms with Gasteiger partial charge in [-0.15, -0.1) is 11.3 Å². The summed E-state index contributed by atoms with van der Waals surface area (Å²) in [4.78, 5) is 9.05. The highest BCUT2D eigenvalue weighted by Gasteiger charge is 2.27. The van der Waals surface area contributed by atoms with Crippen molar-refractivity contribution in [2.75, 3.05) is 0 Å². The van der Waals surface area contributed by atoms with Crippen LogP contribution in [0.4, 0.5) is 0 Å². The minimum Gasteiger partial charge on any atom is -0.264 e. The molecule has 3 heterocycles. The number of hydrogen-bond donors (Lipinski definition) is 0. The number of aromatic nitrogens is 2. The highest BCUT2D eigenvalue weighted by Crippen LogP contribution is 2.52. The van der Waals surface area contributed by atoms with Crippen molar-refractivity contribution < 1.29 is 0 Å². The Morgan fingerprint density at radius 3 is 1.58 bits per heavy atom. The third kappa shape index (κ3) is 6.14. The van der Waals surface area contributed by atoms with E-state index in [4.69, 9.17) is 0 Å². The molecule has 2 aliphatic rings. The maximum absolute atomic E-state index is 4.53. The zero-order valence-corrected chi connectivity index (χ0v) is 36.5. The van der Waals surface area contributed by atoms with Gasteiger partial charge in [-0.3, -0.25) is 9.97 Å². The number of pyridine rings is 2. The number of benzene rings is 8. The van der Waals surface area contributed by atoms with Crippen molar-refractivity contribution in [2.24, 2.45) is 0 Å². The zero-order valence-electron chi connectivity index (χ0n) is 35.7. The van der Waals surface area contributed by atoms with Gasteiger partial charge in [-0.1, -0.05) is 146 Å². The number of nitrogens with zero attached hydrogens (tertiary/aromatic N) is 2. The van der Waals surface area contributed by atoms with Crippen LogP contribution in [0.15, 0.2) is 207 Å². The predicted octanol–water partition coefficient (Wildman–Crippen LogP) is 17.2. The lowest BCUT2D eigenvalue weighted by molar-refractivity contribution is 0.870. The normalized spacial score (nSPS) is 14.6. The molecule has 8 aromatic carbocycles. The third-order valence-electron chi connectivity index (χ3n) is 13.8. The van der Waals surface area contributed by atoms with Crippen molar-refractivity contribution in [3.63, 3.8) is 0 Å². The van der Waals surface area contributed by atoms with Crippen LogP contribution >= 0.6 is 11.3 Å².